The Bertz CT molecular complexity index is 1100. The monoisotopic (exact) mass is 461 g/mol. The summed E-state index contributed by atoms with van der Waals surface area (Å²) in [5.74, 6) is -0.0696. The van der Waals surface area contributed by atoms with Gasteiger partial charge in [-0.2, -0.15) is 0 Å². The number of amides is 2. The molecule has 0 spiro atoms. The number of rotatable bonds is 8. The van der Waals surface area contributed by atoms with Gasteiger partial charge < -0.3 is 19.7 Å². The molecule has 0 radical (unpaired) electrons. The predicted octanol–water partition coefficient (Wildman–Crippen LogP) is 2.34. The molecule has 1 saturated heterocycles. The highest BCUT2D eigenvalue weighted by Gasteiger charge is 2.26. The van der Waals surface area contributed by atoms with E-state index in [1.165, 1.54) is 20.3 Å². The third-order valence-electron chi connectivity index (χ3n) is 5.17. The number of likely N-dealkylation sites (tertiary alicyclic amines) is 1. The highest BCUT2D eigenvalue weighted by atomic mass is 32.2. The fourth-order valence-corrected chi connectivity index (χ4v) is 4.41. The number of nitrogens with zero attached hydrogens (tertiary/aromatic N) is 2. The maximum Gasteiger partial charge on any atom is 0.255 e. The van der Waals surface area contributed by atoms with Crippen LogP contribution in [0.15, 0.2) is 42.5 Å². The largest absolute Gasteiger partial charge is 0.497 e. The van der Waals surface area contributed by atoms with Crippen LogP contribution in [0.5, 0.6) is 11.5 Å². The first-order valence-corrected chi connectivity index (χ1v) is 12.0. The van der Waals surface area contributed by atoms with E-state index < -0.39 is 22.5 Å². The quantitative estimate of drug-likeness (QED) is 0.647. The van der Waals surface area contributed by atoms with Crippen molar-refractivity contribution in [1.82, 2.24) is 4.90 Å². The number of benzene rings is 2. The number of hydrogen-bond donors (Lipinski definition) is 1. The van der Waals surface area contributed by atoms with Gasteiger partial charge in [0.2, 0.25) is 15.9 Å². The molecule has 0 unspecified atom stereocenters. The van der Waals surface area contributed by atoms with Gasteiger partial charge in [0.15, 0.2) is 0 Å². The number of anilines is 2. The Balaban J connectivity index is 1.86. The molecule has 10 heteroatoms. The van der Waals surface area contributed by atoms with Crippen LogP contribution in [0.2, 0.25) is 0 Å². The number of carbonyl (C=O) groups excluding carboxylic acids is 2. The number of methoxy groups -OCH3 is 2. The molecule has 32 heavy (non-hydrogen) atoms. The molecular weight excluding hydrogens is 434 g/mol. The second kappa shape index (κ2) is 9.90. The summed E-state index contributed by atoms with van der Waals surface area (Å²) in [4.78, 5) is 27.5. The van der Waals surface area contributed by atoms with Crippen LogP contribution in [-0.2, 0) is 14.8 Å². The van der Waals surface area contributed by atoms with Crippen LogP contribution in [0.4, 0.5) is 11.4 Å². The normalized spacial score (nSPS) is 13.5. The smallest absolute Gasteiger partial charge is 0.255 e. The van der Waals surface area contributed by atoms with E-state index in [4.69, 9.17) is 9.47 Å². The van der Waals surface area contributed by atoms with Crippen molar-refractivity contribution in [2.24, 2.45) is 0 Å². The van der Waals surface area contributed by atoms with E-state index in [0.29, 0.717) is 30.1 Å². The van der Waals surface area contributed by atoms with Crippen LogP contribution in [0.25, 0.3) is 0 Å². The zero-order valence-electron chi connectivity index (χ0n) is 18.3. The summed E-state index contributed by atoms with van der Waals surface area (Å²) in [5, 5.41) is 2.69. The molecule has 3 rings (SSSR count). The molecule has 0 saturated carbocycles. The molecule has 0 bridgehead atoms. The average Bonchev–Trinajstić information content (AvgIpc) is 3.31. The molecule has 0 atom stereocenters. The summed E-state index contributed by atoms with van der Waals surface area (Å²) >= 11 is 0. The first kappa shape index (κ1) is 23.4. The molecule has 1 aliphatic rings. The van der Waals surface area contributed by atoms with Crippen molar-refractivity contribution in [3.8, 4) is 11.5 Å². The summed E-state index contributed by atoms with van der Waals surface area (Å²) in [6, 6.07) is 11.4. The molecular formula is C22H27N3O6S. The minimum Gasteiger partial charge on any atom is -0.497 e. The second-order valence-corrected chi connectivity index (χ2v) is 9.31. The Hall–Kier alpha value is -3.27. The van der Waals surface area contributed by atoms with Gasteiger partial charge in [0, 0.05) is 19.2 Å². The SMILES string of the molecule is COc1ccc(OC)c(N(CC(=O)Nc2ccccc2C(=O)N2CCCC2)S(C)(=O)=O)c1. The summed E-state index contributed by atoms with van der Waals surface area (Å²) < 4.78 is 36.5. The van der Waals surface area contributed by atoms with Crippen LogP contribution in [-0.4, -0.2) is 65.2 Å². The van der Waals surface area contributed by atoms with E-state index in [-0.39, 0.29) is 17.3 Å². The molecule has 2 aromatic carbocycles. The first-order chi connectivity index (χ1) is 15.2. The predicted molar refractivity (Wildman–Crippen MR) is 122 cm³/mol. The van der Waals surface area contributed by atoms with Crippen LogP contribution < -0.4 is 19.1 Å². The van der Waals surface area contributed by atoms with E-state index in [1.807, 2.05) is 0 Å². The van der Waals surface area contributed by atoms with E-state index >= 15 is 0 Å². The van der Waals surface area contributed by atoms with Crippen LogP contribution in [0.1, 0.15) is 23.2 Å². The lowest BCUT2D eigenvalue weighted by molar-refractivity contribution is -0.114. The molecule has 0 aliphatic carbocycles. The lowest BCUT2D eigenvalue weighted by Gasteiger charge is -2.24. The van der Waals surface area contributed by atoms with Gasteiger partial charge in [-0.25, -0.2) is 8.42 Å². The Morgan fingerprint density at radius 3 is 2.38 bits per heavy atom. The van der Waals surface area contributed by atoms with Gasteiger partial charge in [0.25, 0.3) is 5.91 Å². The van der Waals surface area contributed by atoms with Crippen molar-refractivity contribution >= 4 is 33.2 Å². The molecule has 172 valence electrons. The topological polar surface area (TPSA) is 105 Å². The second-order valence-electron chi connectivity index (χ2n) is 7.40. The number of ether oxygens (including phenoxy) is 2. The Morgan fingerprint density at radius 1 is 1.06 bits per heavy atom. The molecule has 9 nitrogen and oxygen atoms in total. The Morgan fingerprint density at radius 2 is 1.75 bits per heavy atom. The minimum absolute atomic E-state index is 0.159. The van der Waals surface area contributed by atoms with Crippen molar-refractivity contribution in [3.63, 3.8) is 0 Å². The molecule has 1 fully saturated rings. The van der Waals surface area contributed by atoms with Gasteiger partial charge >= 0.3 is 0 Å². The number of para-hydroxylation sites is 1. The van der Waals surface area contributed by atoms with Gasteiger partial charge in [-0.15, -0.1) is 0 Å². The standard InChI is InChI=1S/C22H27N3O6S/c1-30-16-10-11-20(31-2)19(14-16)25(32(3,28)29)15-21(26)23-18-9-5-4-8-17(18)22(27)24-12-6-7-13-24/h4-5,8-11,14H,6-7,12-13,15H2,1-3H3,(H,23,26). The lowest BCUT2D eigenvalue weighted by Crippen LogP contribution is -2.38. The van der Waals surface area contributed by atoms with Crippen LogP contribution >= 0.6 is 0 Å². The molecule has 0 aromatic heterocycles. The fraction of sp³-hybridized carbons (Fsp3) is 0.364. The van der Waals surface area contributed by atoms with Gasteiger partial charge in [0.05, 0.1) is 37.4 Å². The third-order valence-corrected chi connectivity index (χ3v) is 6.29. The maximum atomic E-state index is 12.9. The number of carbonyl (C=O) groups is 2. The maximum absolute atomic E-state index is 12.9. The molecule has 2 amide bonds. The average molecular weight is 462 g/mol. The van der Waals surface area contributed by atoms with Crippen molar-refractivity contribution in [2.45, 2.75) is 12.8 Å². The summed E-state index contributed by atoms with van der Waals surface area (Å²) in [6.07, 6.45) is 2.90. The van der Waals surface area contributed by atoms with E-state index in [2.05, 4.69) is 5.32 Å². The lowest BCUT2D eigenvalue weighted by atomic mass is 10.1. The Kier molecular flexibility index (Phi) is 7.24. The van der Waals surface area contributed by atoms with Crippen molar-refractivity contribution in [1.29, 1.82) is 0 Å². The molecule has 1 N–H and O–H groups in total. The minimum atomic E-state index is -3.84. The van der Waals surface area contributed by atoms with Gasteiger partial charge in [-0.1, -0.05) is 12.1 Å². The van der Waals surface area contributed by atoms with Crippen molar-refractivity contribution in [3.05, 3.63) is 48.0 Å². The summed E-state index contributed by atoms with van der Waals surface area (Å²) in [6.45, 7) is 0.853. The third kappa shape index (κ3) is 5.31. The summed E-state index contributed by atoms with van der Waals surface area (Å²) in [7, 11) is -0.976. The first-order valence-electron chi connectivity index (χ1n) is 10.1. The van der Waals surface area contributed by atoms with Crippen LogP contribution in [0.3, 0.4) is 0 Å². The van der Waals surface area contributed by atoms with E-state index in [9.17, 15) is 18.0 Å². The molecule has 2 aromatic rings. The molecule has 1 aliphatic heterocycles. The van der Waals surface area contributed by atoms with Gasteiger partial charge in [-0.05, 0) is 37.1 Å². The zero-order chi connectivity index (χ0) is 23.3. The van der Waals surface area contributed by atoms with Gasteiger partial charge in [0.1, 0.15) is 18.0 Å². The number of hydrogen-bond acceptors (Lipinski definition) is 6. The Labute approximate surface area is 188 Å². The van der Waals surface area contributed by atoms with Gasteiger partial charge in [-0.3, -0.25) is 13.9 Å². The summed E-state index contributed by atoms with van der Waals surface area (Å²) in [5.41, 5.74) is 0.874. The van der Waals surface area contributed by atoms with Crippen LogP contribution in [0, 0.1) is 0 Å². The zero-order valence-corrected chi connectivity index (χ0v) is 19.1. The van der Waals surface area contributed by atoms with E-state index in [1.54, 1.807) is 41.3 Å². The van der Waals surface area contributed by atoms with E-state index in [0.717, 1.165) is 23.4 Å². The molecule has 1 heterocycles. The van der Waals surface area contributed by atoms with Crippen molar-refractivity contribution in [2.75, 3.05) is 49.7 Å². The highest BCUT2D eigenvalue weighted by Crippen LogP contribution is 2.33. The highest BCUT2D eigenvalue weighted by molar-refractivity contribution is 7.92. The fourth-order valence-electron chi connectivity index (χ4n) is 3.56. The number of nitrogens with one attached hydrogen (secondary N) is 1. The van der Waals surface area contributed by atoms with Crippen molar-refractivity contribution < 1.29 is 27.5 Å². The number of sulfonamides is 1.